The lowest BCUT2D eigenvalue weighted by atomic mass is 10.1. The van der Waals surface area contributed by atoms with Crippen LogP contribution >= 0.6 is 45.3 Å². The molecule has 0 saturated heterocycles. The maximum Gasteiger partial charge on any atom is 0.0815 e. The van der Waals surface area contributed by atoms with Crippen LogP contribution in [0.1, 0.15) is 355 Å². The van der Waals surface area contributed by atoms with Crippen LogP contribution in [0.25, 0.3) is 0 Å². The smallest absolute Gasteiger partial charge is 0.0815 e. The summed E-state index contributed by atoms with van der Waals surface area (Å²) in [7, 11) is 0. The molecule has 0 saturated carbocycles. The van der Waals surface area contributed by atoms with Gasteiger partial charge in [0.2, 0.25) is 0 Å². The van der Waals surface area contributed by atoms with Gasteiger partial charge in [-0.1, -0.05) is 238 Å². The SMILES string of the molecule is CCCC[N+](CCCC)(CCCC)CCCC.CCCC[N+](CCCC)(CCCC)CCCC.CCCC[N+](CCCC)(CCCC)CCCC.CCCC[N+](CCCC)(CCCC)CCCC.O=C([O-])c1cccs1.O=C([O-])c1cccs1.O=C([O-])c1cccs1.O=C([O-])c1cccs1. The second-order valence-electron chi connectivity index (χ2n) is 27.7. The monoisotopic (exact) mass is 1480 g/mol. The van der Waals surface area contributed by atoms with Crippen LogP contribution in [-0.2, 0) is 0 Å². The average Bonchev–Trinajstić information content (AvgIpc) is 1.26. The number of nitrogens with zero attached hydrogens (tertiary/aromatic N) is 4. The molecule has 0 unspecified atom stereocenters. The van der Waals surface area contributed by atoms with E-state index in [-0.39, 0.29) is 19.5 Å². The molecule has 0 aliphatic carbocycles. The molecule has 100 heavy (non-hydrogen) atoms. The quantitative estimate of drug-likeness (QED) is 0.0395. The number of hydrogen-bond donors (Lipinski definition) is 0. The Morgan fingerprint density at radius 1 is 0.220 bits per heavy atom. The molecule has 4 rings (SSSR count). The first-order valence-electron chi connectivity index (χ1n) is 40.6. The molecule has 0 spiro atoms. The van der Waals surface area contributed by atoms with Gasteiger partial charge in [0, 0.05) is 19.5 Å². The zero-order chi connectivity index (χ0) is 75.9. The van der Waals surface area contributed by atoms with Crippen LogP contribution in [0.2, 0.25) is 0 Å². The Hall–Kier alpha value is -3.48. The van der Waals surface area contributed by atoms with Crippen molar-refractivity contribution >= 4 is 69.2 Å². The molecule has 0 N–H and O–H groups in total. The van der Waals surface area contributed by atoms with Gasteiger partial charge in [-0.3, -0.25) is 0 Å². The van der Waals surface area contributed by atoms with Crippen molar-refractivity contribution in [2.24, 2.45) is 0 Å². The summed E-state index contributed by atoms with van der Waals surface area (Å²) in [4.78, 5) is 41.0. The van der Waals surface area contributed by atoms with Gasteiger partial charge >= 0.3 is 0 Å². The van der Waals surface area contributed by atoms with Gasteiger partial charge in [0.05, 0.1) is 129 Å². The Morgan fingerprint density at radius 2 is 0.320 bits per heavy atom. The number of hydrogen-bond acceptors (Lipinski definition) is 12. The normalized spacial score (nSPS) is 11.0. The molecule has 584 valence electrons. The van der Waals surface area contributed by atoms with E-state index in [1.54, 1.807) is 45.8 Å². The summed E-state index contributed by atoms with van der Waals surface area (Å²) in [6.45, 7) is 60.1. The highest BCUT2D eigenvalue weighted by Crippen LogP contribution is 2.21. The summed E-state index contributed by atoms with van der Waals surface area (Å²) in [5.41, 5.74) is 0. The van der Waals surface area contributed by atoms with Crippen molar-refractivity contribution in [3.8, 4) is 0 Å². The molecule has 0 atom stereocenters. The van der Waals surface area contributed by atoms with Crippen LogP contribution in [0.15, 0.2) is 70.1 Å². The standard InChI is InChI=1S/4C16H36N.4C5H4O2S/c4*1-5-9-13-17(14-10-6-2,15-11-7-3)16-12-8-4;4*6-5(7)4-2-1-3-8-4/h4*5-16H2,1-4H3;4*1-3H,(H,6,7)/q4*+1;;;;/p-4. The van der Waals surface area contributed by atoms with Crippen LogP contribution in [0.5, 0.6) is 0 Å². The molecular formula is C84H156N4O8S4. The molecular weight excluding hydrogens is 1320 g/mol. The third-order valence-corrected chi connectivity index (χ3v) is 22.1. The molecule has 0 fully saturated rings. The van der Waals surface area contributed by atoms with Gasteiger partial charge in [-0.15, -0.1) is 45.3 Å². The van der Waals surface area contributed by atoms with Crippen LogP contribution < -0.4 is 20.4 Å². The predicted molar refractivity (Wildman–Crippen MR) is 432 cm³/mol. The summed E-state index contributed by atoms with van der Waals surface area (Å²) >= 11 is 4.68. The average molecular weight is 1480 g/mol. The van der Waals surface area contributed by atoms with Gasteiger partial charge in [0.15, 0.2) is 0 Å². The fraction of sp³-hybridized carbons (Fsp3) is 0.762. The fourth-order valence-electron chi connectivity index (χ4n) is 12.2. The molecule has 4 aromatic heterocycles. The number of carboxylic acids is 4. The highest BCUT2D eigenvalue weighted by Gasteiger charge is 2.28. The first kappa shape index (κ1) is 103. The zero-order valence-corrected chi connectivity index (χ0v) is 70.8. The van der Waals surface area contributed by atoms with E-state index in [0.717, 1.165) is 0 Å². The first-order chi connectivity index (χ1) is 48.2. The second kappa shape index (κ2) is 72.5. The summed E-state index contributed by atoms with van der Waals surface area (Å²) in [6.07, 6.45) is 44.2. The molecule has 12 nitrogen and oxygen atoms in total. The van der Waals surface area contributed by atoms with Gasteiger partial charge in [0.1, 0.15) is 0 Å². The van der Waals surface area contributed by atoms with Crippen molar-refractivity contribution in [3.05, 3.63) is 89.6 Å². The third-order valence-electron chi connectivity index (χ3n) is 18.7. The number of carboxylic acid groups (broad SMARTS) is 4. The van der Waals surface area contributed by atoms with Gasteiger partial charge in [0.25, 0.3) is 0 Å². The van der Waals surface area contributed by atoms with E-state index in [2.05, 4.69) is 111 Å². The highest BCUT2D eigenvalue weighted by molar-refractivity contribution is 7.12. The topological polar surface area (TPSA) is 161 Å². The van der Waals surface area contributed by atoms with Crippen molar-refractivity contribution in [2.75, 3.05) is 105 Å². The second-order valence-corrected chi connectivity index (χ2v) is 31.5. The van der Waals surface area contributed by atoms with Crippen molar-refractivity contribution in [1.82, 2.24) is 0 Å². The molecule has 0 bridgehead atoms. The summed E-state index contributed by atoms with van der Waals surface area (Å²) < 4.78 is 5.68. The van der Waals surface area contributed by atoms with Gasteiger partial charge < -0.3 is 57.5 Å². The van der Waals surface area contributed by atoms with E-state index < -0.39 is 23.9 Å². The lowest BCUT2D eigenvalue weighted by Crippen LogP contribution is -2.50. The van der Waals surface area contributed by atoms with E-state index in [1.807, 2.05) is 0 Å². The maximum atomic E-state index is 9.96. The molecule has 4 aromatic rings. The third kappa shape index (κ3) is 56.9. The predicted octanol–water partition coefficient (Wildman–Crippen LogP) is 20.5. The minimum Gasteiger partial charge on any atom is -0.544 e. The summed E-state index contributed by atoms with van der Waals surface area (Å²) in [5.74, 6) is -4.39. The van der Waals surface area contributed by atoms with E-state index in [0.29, 0.717) is 0 Å². The summed E-state index contributed by atoms with van der Waals surface area (Å²) in [6, 6.07) is 12.8. The molecule has 4 heterocycles. The number of carbonyl (C=O) groups is 4. The molecule has 0 aromatic carbocycles. The Kier molecular flexibility index (Phi) is 74.6. The number of rotatable bonds is 52. The number of aromatic carboxylic acids is 4. The Bertz CT molecular complexity index is 1840. The largest absolute Gasteiger partial charge is 0.544 e. The highest BCUT2D eigenvalue weighted by atomic mass is 32.1. The minimum absolute atomic E-state index is 0.282. The van der Waals surface area contributed by atoms with Crippen molar-refractivity contribution in [1.29, 1.82) is 0 Å². The van der Waals surface area contributed by atoms with Crippen molar-refractivity contribution in [3.63, 3.8) is 0 Å². The number of carbonyl (C=O) groups excluding carboxylic acids is 4. The van der Waals surface area contributed by atoms with E-state index >= 15 is 0 Å². The van der Waals surface area contributed by atoms with E-state index in [9.17, 15) is 39.6 Å². The molecule has 16 heteroatoms. The minimum atomic E-state index is -1.10. The Balaban J connectivity index is -0.000000537. The van der Waals surface area contributed by atoms with Gasteiger partial charge in [-0.25, -0.2) is 0 Å². The fourth-order valence-corrected chi connectivity index (χ4v) is 14.4. The van der Waals surface area contributed by atoms with Gasteiger partial charge in [-0.05, 0) is 149 Å². The number of quaternary nitrogens is 4. The van der Waals surface area contributed by atoms with Crippen molar-refractivity contribution in [2.45, 2.75) is 316 Å². The molecule has 0 aliphatic heterocycles. The van der Waals surface area contributed by atoms with E-state index in [1.165, 1.54) is 398 Å². The molecule has 0 aliphatic rings. The number of unbranched alkanes of at least 4 members (excludes halogenated alkanes) is 16. The van der Waals surface area contributed by atoms with Crippen LogP contribution in [0, 0.1) is 0 Å². The van der Waals surface area contributed by atoms with Crippen LogP contribution in [0.3, 0.4) is 0 Å². The van der Waals surface area contributed by atoms with E-state index in [4.69, 9.17) is 0 Å². The Morgan fingerprint density at radius 3 is 0.370 bits per heavy atom. The summed E-state index contributed by atoms with van der Waals surface area (Å²) in [5, 5.41) is 46.6. The first-order valence-corrected chi connectivity index (χ1v) is 44.1. The van der Waals surface area contributed by atoms with Crippen LogP contribution in [-0.4, -0.2) is 147 Å². The zero-order valence-electron chi connectivity index (χ0n) is 67.6. The van der Waals surface area contributed by atoms with Crippen LogP contribution in [0.4, 0.5) is 0 Å². The molecule has 0 radical (unpaired) electrons. The Labute approximate surface area is 633 Å². The maximum absolute atomic E-state index is 9.96. The van der Waals surface area contributed by atoms with Gasteiger partial charge in [-0.2, -0.15) is 0 Å². The number of thiophene rings is 4. The lowest BCUT2D eigenvalue weighted by Gasteiger charge is -2.39. The van der Waals surface area contributed by atoms with Crippen molar-refractivity contribution < 1.29 is 57.5 Å². The lowest BCUT2D eigenvalue weighted by molar-refractivity contribution is -0.929. The molecule has 0 amide bonds.